The topological polar surface area (TPSA) is 107 Å². The van der Waals surface area contributed by atoms with Gasteiger partial charge in [0.05, 0.1) is 6.10 Å². The fourth-order valence-corrected chi connectivity index (χ4v) is 3.91. The number of ketones is 1. The van der Waals surface area contributed by atoms with Gasteiger partial charge in [0, 0.05) is 43.0 Å². The van der Waals surface area contributed by atoms with Gasteiger partial charge < -0.3 is 9.47 Å². The fraction of sp³-hybridized carbons (Fsp3) is 0.455. The number of nitrogens with zero attached hydrogens (tertiary/aromatic N) is 1. The molecule has 2 aromatic rings. The Kier molecular flexibility index (Phi) is 7.46. The molecule has 0 radical (unpaired) electrons. The number of benzene rings is 1. The molecule has 1 aromatic carbocycles. The van der Waals surface area contributed by atoms with Gasteiger partial charge in [-0.1, -0.05) is 36.7 Å². The molecular formula is C22H25ClN2O6. The van der Waals surface area contributed by atoms with Crippen LogP contribution in [-0.2, 0) is 31.9 Å². The number of carbonyl (C=O) groups is 2. The highest BCUT2D eigenvalue weighted by Gasteiger charge is 2.39. The zero-order valence-corrected chi connectivity index (χ0v) is 18.2. The summed E-state index contributed by atoms with van der Waals surface area (Å²) in [5.74, 6) is -0.485. The molecule has 31 heavy (non-hydrogen) atoms. The van der Waals surface area contributed by atoms with Crippen molar-refractivity contribution >= 4 is 23.4 Å². The maximum atomic E-state index is 12.5. The first kappa shape index (κ1) is 23.0. The molecule has 3 rings (SSSR count). The highest BCUT2D eigenvalue weighted by Crippen LogP contribution is 2.32. The molecule has 1 aromatic heterocycles. The number of H-pyrrole nitrogens is 1. The van der Waals surface area contributed by atoms with E-state index in [4.69, 9.17) is 21.1 Å². The third-order valence-corrected chi connectivity index (χ3v) is 5.65. The third kappa shape index (κ3) is 5.71. The zero-order chi connectivity index (χ0) is 22.5. The summed E-state index contributed by atoms with van der Waals surface area (Å²) >= 11 is 6.12. The van der Waals surface area contributed by atoms with Gasteiger partial charge >= 0.3 is 11.7 Å². The molecule has 9 heteroatoms. The number of Topliss-reactive ketones (excluding diaryl/α,β-unsaturated/α-hetero) is 1. The summed E-state index contributed by atoms with van der Waals surface area (Å²) in [5.41, 5.74) is 0.178. The Morgan fingerprint density at radius 2 is 2.00 bits per heavy atom. The Hall–Kier alpha value is -2.71. The summed E-state index contributed by atoms with van der Waals surface area (Å²) in [4.78, 5) is 50.4. The second-order valence-electron chi connectivity index (χ2n) is 7.53. The number of hydrogen-bond acceptors (Lipinski definition) is 6. The average Bonchev–Trinajstić information content (AvgIpc) is 3.10. The number of rotatable bonds is 8. The Morgan fingerprint density at radius 1 is 1.26 bits per heavy atom. The number of halogens is 1. The van der Waals surface area contributed by atoms with E-state index in [1.807, 2.05) is 13.0 Å². The van der Waals surface area contributed by atoms with Crippen molar-refractivity contribution in [2.24, 2.45) is 0 Å². The van der Waals surface area contributed by atoms with Crippen LogP contribution >= 0.6 is 11.6 Å². The molecule has 0 bridgehead atoms. The molecule has 0 spiro atoms. The van der Waals surface area contributed by atoms with Gasteiger partial charge in [-0.15, -0.1) is 0 Å². The van der Waals surface area contributed by atoms with Crippen LogP contribution in [-0.4, -0.2) is 33.5 Å². The molecule has 3 atom stereocenters. The molecular weight excluding hydrogens is 424 g/mol. The lowest BCUT2D eigenvalue weighted by Gasteiger charge is -2.18. The molecule has 1 fully saturated rings. The van der Waals surface area contributed by atoms with Gasteiger partial charge in [-0.2, -0.15) is 0 Å². The minimum Gasteiger partial charge on any atom is -0.460 e. The van der Waals surface area contributed by atoms with Crippen molar-refractivity contribution in [2.75, 3.05) is 0 Å². The maximum absolute atomic E-state index is 12.5. The van der Waals surface area contributed by atoms with Crippen molar-refractivity contribution < 1.29 is 19.1 Å². The smallest absolute Gasteiger partial charge is 0.330 e. The van der Waals surface area contributed by atoms with E-state index in [2.05, 4.69) is 4.98 Å². The zero-order valence-electron chi connectivity index (χ0n) is 17.4. The number of ether oxygens (including phenoxy) is 2. The lowest BCUT2D eigenvalue weighted by molar-refractivity contribution is -0.149. The van der Waals surface area contributed by atoms with E-state index < -0.39 is 35.7 Å². The fourth-order valence-electron chi connectivity index (χ4n) is 3.70. The summed E-state index contributed by atoms with van der Waals surface area (Å²) in [6.07, 6.45) is 1.07. The summed E-state index contributed by atoms with van der Waals surface area (Å²) in [7, 11) is 0. The normalized spacial score (nSPS) is 20.5. The van der Waals surface area contributed by atoms with Crippen LogP contribution < -0.4 is 11.2 Å². The van der Waals surface area contributed by atoms with Crippen LogP contribution in [0.25, 0.3) is 0 Å². The number of carbonyl (C=O) groups excluding carboxylic acids is 2. The summed E-state index contributed by atoms with van der Waals surface area (Å²) in [6, 6.07) is 7.16. The van der Waals surface area contributed by atoms with Crippen LogP contribution in [0.3, 0.4) is 0 Å². The largest absolute Gasteiger partial charge is 0.460 e. The van der Waals surface area contributed by atoms with Crippen LogP contribution in [0.5, 0.6) is 0 Å². The van der Waals surface area contributed by atoms with Gasteiger partial charge in [0.1, 0.15) is 18.1 Å². The van der Waals surface area contributed by atoms with Gasteiger partial charge in [0.15, 0.2) is 0 Å². The molecule has 1 N–H and O–H groups in total. The minimum absolute atomic E-state index is 0.0174. The van der Waals surface area contributed by atoms with E-state index in [9.17, 15) is 19.2 Å². The van der Waals surface area contributed by atoms with Crippen LogP contribution in [0.15, 0.2) is 40.1 Å². The predicted octanol–water partition coefficient (Wildman–Crippen LogP) is 2.56. The summed E-state index contributed by atoms with van der Waals surface area (Å²) < 4.78 is 12.7. The molecule has 0 aliphatic carbocycles. The SMILES string of the molecule is CCc1cn([C@H]2C[C@H](OC(C)=O)[C@@H](CCC(=O)Cc3ccccc3Cl)O2)c(=O)[nH]c1=O. The molecule has 0 amide bonds. The van der Waals surface area contributed by atoms with Gasteiger partial charge in [-0.05, 0) is 24.5 Å². The van der Waals surface area contributed by atoms with E-state index >= 15 is 0 Å². The Labute approximate surface area is 184 Å². The predicted molar refractivity (Wildman–Crippen MR) is 114 cm³/mol. The van der Waals surface area contributed by atoms with Crippen LogP contribution in [0.1, 0.15) is 50.5 Å². The van der Waals surface area contributed by atoms with Crippen LogP contribution in [0.4, 0.5) is 0 Å². The number of nitrogens with one attached hydrogen (secondary N) is 1. The quantitative estimate of drug-likeness (QED) is 0.622. The molecule has 1 aliphatic rings. The molecule has 0 saturated carbocycles. The van der Waals surface area contributed by atoms with E-state index in [1.165, 1.54) is 17.7 Å². The van der Waals surface area contributed by atoms with Crippen molar-refractivity contribution in [1.29, 1.82) is 0 Å². The lowest BCUT2D eigenvalue weighted by Crippen LogP contribution is -2.34. The van der Waals surface area contributed by atoms with Crippen LogP contribution in [0, 0.1) is 0 Å². The van der Waals surface area contributed by atoms with Gasteiger partial charge in [0.2, 0.25) is 0 Å². The minimum atomic E-state index is -0.706. The first-order valence-corrected chi connectivity index (χ1v) is 10.6. The Bertz CT molecular complexity index is 1080. The van der Waals surface area contributed by atoms with E-state index in [-0.39, 0.29) is 25.0 Å². The van der Waals surface area contributed by atoms with Crippen LogP contribution in [0.2, 0.25) is 5.02 Å². The maximum Gasteiger partial charge on any atom is 0.330 e. The number of aromatic amines is 1. The molecule has 2 heterocycles. The number of aryl methyl sites for hydroxylation is 1. The van der Waals surface area contributed by atoms with Gasteiger partial charge in [-0.25, -0.2) is 4.79 Å². The molecule has 1 aliphatic heterocycles. The Morgan fingerprint density at radius 3 is 2.68 bits per heavy atom. The highest BCUT2D eigenvalue weighted by atomic mass is 35.5. The van der Waals surface area contributed by atoms with Crippen molar-refractivity contribution in [3.8, 4) is 0 Å². The summed E-state index contributed by atoms with van der Waals surface area (Å²) in [5, 5.41) is 0.537. The van der Waals surface area contributed by atoms with Crippen molar-refractivity contribution in [3.63, 3.8) is 0 Å². The highest BCUT2D eigenvalue weighted by molar-refractivity contribution is 6.31. The van der Waals surface area contributed by atoms with Crippen molar-refractivity contribution in [1.82, 2.24) is 9.55 Å². The molecule has 8 nitrogen and oxygen atoms in total. The van der Waals surface area contributed by atoms with Gasteiger partial charge in [-0.3, -0.25) is 23.9 Å². The van der Waals surface area contributed by atoms with E-state index in [1.54, 1.807) is 18.2 Å². The average molecular weight is 449 g/mol. The Balaban J connectivity index is 1.71. The summed E-state index contributed by atoms with van der Waals surface area (Å²) in [6.45, 7) is 3.11. The van der Waals surface area contributed by atoms with E-state index in [0.717, 1.165) is 5.56 Å². The number of aromatic nitrogens is 2. The molecule has 166 valence electrons. The lowest BCUT2D eigenvalue weighted by atomic mass is 10.0. The third-order valence-electron chi connectivity index (χ3n) is 5.28. The molecule has 1 saturated heterocycles. The molecule has 0 unspecified atom stereocenters. The first-order valence-electron chi connectivity index (χ1n) is 10.2. The number of hydrogen-bond donors (Lipinski definition) is 1. The first-order chi connectivity index (χ1) is 14.8. The van der Waals surface area contributed by atoms with E-state index in [0.29, 0.717) is 23.4 Å². The monoisotopic (exact) mass is 448 g/mol. The van der Waals surface area contributed by atoms with Crippen molar-refractivity contribution in [2.45, 2.75) is 64.4 Å². The number of esters is 1. The second-order valence-corrected chi connectivity index (χ2v) is 7.94. The van der Waals surface area contributed by atoms with Crippen molar-refractivity contribution in [3.05, 3.63) is 67.4 Å². The standard InChI is InChI=1S/C22H25ClN2O6/c1-3-14-12-25(22(29)24-21(14)28)20-11-19(30-13(2)26)18(31-20)9-8-16(27)10-15-6-4-5-7-17(15)23/h4-7,12,18-20H,3,8-11H2,1-2H3,(H,24,28,29)/t18-,19+,20-/m1/s1. The second kappa shape index (κ2) is 10.1. The van der Waals surface area contributed by atoms with Gasteiger partial charge in [0.25, 0.3) is 5.56 Å².